The second-order valence-corrected chi connectivity index (χ2v) is 5.79. The van der Waals surface area contributed by atoms with Crippen LogP contribution >= 0.6 is 0 Å². The quantitative estimate of drug-likeness (QED) is 0.868. The highest BCUT2D eigenvalue weighted by molar-refractivity contribution is 5.52. The highest BCUT2D eigenvalue weighted by Crippen LogP contribution is 2.39. The molecule has 1 fully saturated rings. The maximum absolute atomic E-state index is 6.08. The van der Waals surface area contributed by atoms with Crippen molar-refractivity contribution in [2.45, 2.75) is 45.1 Å². The highest BCUT2D eigenvalue weighted by atomic mass is 16.7. The molecule has 0 aromatic heterocycles. The van der Waals surface area contributed by atoms with Crippen LogP contribution in [0.25, 0.3) is 0 Å². The Morgan fingerprint density at radius 2 is 2.05 bits per heavy atom. The first-order valence-corrected chi connectivity index (χ1v) is 7.57. The first-order valence-electron chi connectivity index (χ1n) is 7.57. The molecule has 1 saturated carbocycles. The lowest BCUT2D eigenvalue weighted by Crippen LogP contribution is -2.23. The Hall–Kier alpha value is -1.42. The molecule has 4 nitrogen and oxygen atoms in total. The van der Waals surface area contributed by atoms with Crippen LogP contribution in [0, 0.1) is 5.92 Å². The third-order valence-electron chi connectivity index (χ3n) is 4.26. The minimum atomic E-state index is 0.154. The smallest absolute Gasteiger partial charge is 0.231 e. The Labute approximate surface area is 120 Å². The van der Waals surface area contributed by atoms with E-state index in [1.165, 1.54) is 19.3 Å². The minimum absolute atomic E-state index is 0.154. The van der Waals surface area contributed by atoms with Gasteiger partial charge in [-0.25, -0.2) is 0 Å². The van der Waals surface area contributed by atoms with E-state index in [2.05, 4.69) is 6.92 Å². The van der Waals surface area contributed by atoms with Gasteiger partial charge in [0.1, 0.15) is 5.75 Å². The molecule has 1 aliphatic carbocycles. The molecule has 1 aliphatic heterocycles. The van der Waals surface area contributed by atoms with Crippen molar-refractivity contribution in [2.24, 2.45) is 11.7 Å². The standard InChI is InChI=1S/C16H23NO3/c1-2-13(17)6-12-7-15-16(20-10-19-15)8-14(12)18-9-11-4-3-5-11/h7-8,11,13H,2-6,9-10,17H2,1H3. The van der Waals surface area contributed by atoms with Crippen molar-refractivity contribution in [3.63, 3.8) is 0 Å². The summed E-state index contributed by atoms with van der Waals surface area (Å²) >= 11 is 0. The fraction of sp³-hybridized carbons (Fsp3) is 0.625. The van der Waals surface area contributed by atoms with E-state index in [9.17, 15) is 0 Å². The lowest BCUT2D eigenvalue weighted by Gasteiger charge is -2.26. The van der Waals surface area contributed by atoms with Gasteiger partial charge in [0.2, 0.25) is 6.79 Å². The zero-order chi connectivity index (χ0) is 13.9. The van der Waals surface area contributed by atoms with E-state index in [-0.39, 0.29) is 6.04 Å². The predicted molar refractivity (Wildman–Crippen MR) is 77.4 cm³/mol. The number of nitrogens with two attached hydrogens (primary N) is 1. The van der Waals surface area contributed by atoms with E-state index in [0.29, 0.717) is 12.7 Å². The van der Waals surface area contributed by atoms with Crippen molar-refractivity contribution in [1.29, 1.82) is 0 Å². The van der Waals surface area contributed by atoms with Gasteiger partial charge in [-0.3, -0.25) is 0 Å². The number of fused-ring (bicyclic) bond motifs is 1. The molecule has 0 saturated heterocycles. The van der Waals surface area contributed by atoms with Crippen LogP contribution in [0.3, 0.4) is 0 Å². The summed E-state index contributed by atoms with van der Waals surface area (Å²) in [5.41, 5.74) is 7.21. The van der Waals surface area contributed by atoms with Gasteiger partial charge in [0.25, 0.3) is 0 Å². The van der Waals surface area contributed by atoms with E-state index in [4.69, 9.17) is 19.9 Å². The molecule has 0 amide bonds. The second-order valence-electron chi connectivity index (χ2n) is 5.79. The van der Waals surface area contributed by atoms with Gasteiger partial charge >= 0.3 is 0 Å². The number of ether oxygens (including phenoxy) is 3. The van der Waals surface area contributed by atoms with E-state index in [0.717, 1.165) is 42.3 Å². The second kappa shape index (κ2) is 5.92. The SMILES string of the molecule is CCC(N)Cc1cc2c(cc1OCC1CCC1)OCO2. The summed E-state index contributed by atoms with van der Waals surface area (Å²) in [6.07, 6.45) is 5.68. The average Bonchev–Trinajstić information content (AvgIpc) is 2.83. The summed E-state index contributed by atoms with van der Waals surface area (Å²) in [7, 11) is 0. The zero-order valence-electron chi connectivity index (χ0n) is 12.1. The van der Waals surface area contributed by atoms with Gasteiger partial charge in [0.15, 0.2) is 11.5 Å². The average molecular weight is 277 g/mol. The van der Waals surface area contributed by atoms with Gasteiger partial charge in [-0.2, -0.15) is 0 Å². The van der Waals surface area contributed by atoms with Gasteiger partial charge < -0.3 is 19.9 Å². The molecular weight excluding hydrogens is 254 g/mol. The van der Waals surface area contributed by atoms with Gasteiger partial charge in [-0.05, 0) is 43.2 Å². The van der Waals surface area contributed by atoms with Crippen LogP contribution in [-0.2, 0) is 6.42 Å². The van der Waals surface area contributed by atoms with E-state index >= 15 is 0 Å². The molecule has 0 spiro atoms. The fourth-order valence-corrected chi connectivity index (χ4v) is 2.55. The topological polar surface area (TPSA) is 53.7 Å². The molecule has 0 bridgehead atoms. The van der Waals surface area contributed by atoms with Crippen molar-refractivity contribution in [3.05, 3.63) is 17.7 Å². The van der Waals surface area contributed by atoms with Crippen molar-refractivity contribution in [1.82, 2.24) is 0 Å². The first kappa shape index (κ1) is 13.6. The van der Waals surface area contributed by atoms with Gasteiger partial charge in [-0.15, -0.1) is 0 Å². The van der Waals surface area contributed by atoms with Crippen LogP contribution in [0.4, 0.5) is 0 Å². The molecule has 110 valence electrons. The predicted octanol–water partition coefficient (Wildman–Crippen LogP) is 2.87. The van der Waals surface area contributed by atoms with Crippen LogP contribution < -0.4 is 19.9 Å². The van der Waals surface area contributed by atoms with Gasteiger partial charge in [0, 0.05) is 12.1 Å². The third kappa shape index (κ3) is 2.85. The third-order valence-corrected chi connectivity index (χ3v) is 4.26. The summed E-state index contributed by atoms with van der Waals surface area (Å²) in [6, 6.07) is 4.13. The molecule has 0 radical (unpaired) electrons. The first-order chi connectivity index (χ1) is 9.76. The largest absolute Gasteiger partial charge is 0.493 e. The summed E-state index contributed by atoms with van der Waals surface area (Å²) < 4.78 is 16.9. The van der Waals surface area contributed by atoms with Crippen LogP contribution in [0.1, 0.15) is 38.2 Å². The molecule has 2 aliphatic rings. The summed E-state index contributed by atoms with van der Waals surface area (Å²) in [5, 5.41) is 0. The fourth-order valence-electron chi connectivity index (χ4n) is 2.55. The van der Waals surface area contributed by atoms with Crippen molar-refractivity contribution in [3.8, 4) is 17.2 Å². The summed E-state index contributed by atoms with van der Waals surface area (Å²) in [6.45, 7) is 3.20. The van der Waals surface area contributed by atoms with Crippen molar-refractivity contribution < 1.29 is 14.2 Å². The highest BCUT2D eigenvalue weighted by Gasteiger charge is 2.22. The maximum Gasteiger partial charge on any atom is 0.231 e. The number of hydrogen-bond donors (Lipinski definition) is 1. The lowest BCUT2D eigenvalue weighted by atomic mass is 9.86. The molecule has 1 aromatic rings. The number of rotatable bonds is 6. The molecule has 1 atom stereocenters. The maximum atomic E-state index is 6.08. The molecular formula is C16H23NO3. The van der Waals surface area contributed by atoms with Crippen molar-refractivity contribution >= 4 is 0 Å². The molecule has 1 unspecified atom stereocenters. The monoisotopic (exact) mass is 277 g/mol. The van der Waals surface area contributed by atoms with Crippen LogP contribution in [0.5, 0.6) is 17.2 Å². The van der Waals surface area contributed by atoms with Gasteiger partial charge in [0.05, 0.1) is 6.61 Å². The Morgan fingerprint density at radius 1 is 1.30 bits per heavy atom. The molecule has 3 rings (SSSR count). The normalized spacial score (nSPS) is 18.7. The molecule has 1 heterocycles. The molecule has 2 N–H and O–H groups in total. The van der Waals surface area contributed by atoms with E-state index in [1.54, 1.807) is 0 Å². The van der Waals surface area contributed by atoms with Crippen LogP contribution in [0.2, 0.25) is 0 Å². The Balaban J connectivity index is 1.76. The number of hydrogen-bond acceptors (Lipinski definition) is 4. The molecule has 20 heavy (non-hydrogen) atoms. The van der Waals surface area contributed by atoms with E-state index in [1.807, 2.05) is 12.1 Å². The van der Waals surface area contributed by atoms with E-state index < -0.39 is 0 Å². The van der Waals surface area contributed by atoms with Crippen LogP contribution in [-0.4, -0.2) is 19.4 Å². The minimum Gasteiger partial charge on any atom is -0.493 e. The van der Waals surface area contributed by atoms with Crippen molar-refractivity contribution in [2.75, 3.05) is 13.4 Å². The van der Waals surface area contributed by atoms with Crippen LogP contribution in [0.15, 0.2) is 12.1 Å². The molecule has 1 aromatic carbocycles. The number of benzene rings is 1. The zero-order valence-corrected chi connectivity index (χ0v) is 12.1. The van der Waals surface area contributed by atoms with Gasteiger partial charge in [-0.1, -0.05) is 13.3 Å². The summed E-state index contributed by atoms with van der Waals surface area (Å²) in [4.78, 5) is 0. The molecule has 4 heteroatoms. The Kier molecular flexibility index (Phi) is 4.01. The summed E-state index contributed by atoms with van der Waals surface area (Å²) in [5.74, 6) is 3.21. The Bertz CT molecular complexity index is 471. The lowest BCUT2D eigenvalue weighted by molar-refractivity contribution is 0.172. The Morgan fingerprint density at radius 3 is 2.70 bits per heavy atom.